The molecular formula is C16H21FN2O2. The zero-order valence-electron chi connectivity index (χ0n) is 11.9. The maximum atomic E-state index is 13.2. The van der Waals surface area contributed by atoms with E-state index in [1.807, 2.05) is 0 Å². The van der Waals surface area contributed by atoms with E-state index in [2.05, 4.69) is 10.6 Å². The number of aliphatic hydroxyl groups is 1. The van der Waals surface area contributed by atoms with Gasteiger partial charge in [-0.2, -0.15) is 0 Å². The Morgan fingerprint density at radius 2 is 1.90 bits per heavy atom. The van der Waals surface area contributed by atoms with Gasteiger partial charge in [-0.25, -0.2) is 9.18 Å². The van der Waals surface area contributed by atoms with Crippen LogP contribution in [-0.2, 0) is 6.42 Å². The summed E-state index contributed by atoms with van der Waals surface area (Å²) in [6, 6.07) is 4.70. The number of nitrogens with one attached hydrogen (secondary N) is 2. The largest absolute Gasteiger partial charge is 0.393 e. The molecule has 1 unspecified atom stereocenters. The molecule has 0 radical (unpaired) electrons. The number of urea groups is 1. The van der Waals surface area contributed by atoms with Gasteiger partial charge in [0.15, 0.2) is 0 Å². The van der Waals surface area contributed by atoms with E-state index in [0.29, 0.717) is 0 Å². The van der Waals surface area contributed by atoms with Crippen LogP contribution in [0.25, 0.3) is 0 Å². The molecule has 3 N–H and O–H groups in total. The maximum Gasteiger partial charge on any atom is 0.315 e. The summed E-state index contributed by atoms with van der Waals surface area (Å²) in [4.78, 5) is 12.1. The average molecular weight is 292 g/mol. The Labute approximate surface area is 123 Å². The van der Waals surface area contributed by atoms with Gasteiger partial charge < -0.3 is 15.7 Å². The Hall–Kier alpha value is -1.62. The normalized spacial score (nSPS) is 28.0. The quantitative estimate of drug-likeness (QED) is 0.784. The number of carbonyl (C=O) groups excluding carboxylic acids is 1. The molecule has 114 valence electrons. The number of fused-ring (bicyclic) bond motifs is 1. The van der Waals surface area contributed by atoms with Crippen LogP contribution in [0.1, 0.15) is 49.3 Å². The molecule has 21 heavy (non-hydrogen) atoms. The minimum Gasteiger partial charge on any atom is -0.393 e. The van der Waals surface area contributed by atoms with E-state index in [1.165, 1.54) is 6.07 Å². The summed E-state index contributed by atoms with van der Waals surface area (Å²) in [6.07, 6.45) is 4.53. The lowest BCUT2D eigenvalue weighted by Gasteiger charge is -2.27. The van der Waals surface area contributed by atoms with Crippen LogP contribution >= 0.6 is 0 Å². The van der Waals surface area contributed by atoms with E-state index >= 15 is 0 Å². The maximum absolute atomic E-state index is 13.2. The van der Waals surface area contributed by atoms with Gasteiger partial charge in [-0.05, 0) is 61.8 Å². The highest BCUT2D eigenvalue weighted by atomic mass is 19.1. The average Bonchev–Trinajstić information content (AvgIpc) is 2.83. The van der Waals surface area contributed by atoms with E-state index in [-0.39, 0.29) is 30.0 Å². The molecule has 1 aromatic carbocycles. The highest BCUT2D eigenvalue weighted by Crippen LogP contribution is 2.31. The van der Waals surface area contributed by atoms with E-state index in [9.17, 15) is 14.3 Å². The molecule has 1 saturated carbocycles. The molecule has 1 aromatic rings. The smallest absolute Gasteiger partial charge is 0.315 e. The Morgan fingerprint density at radius 1 is 1.14 bits per heavy atom. The highest BCUT2D eigenvalue weighted by molar-refractivity contribution is 5.75. The van der Waals surface area contributed by atoms with Gasteiger partial charge in [0.1, 0.15) is 5.82 Å². The predicted octanol–water partition coefficient (Wildman–Crippen LogP) is 2.42. The first-order valence-corrected chi connectivity index (χ1v) is 7.65. The van der Waals surface area contributed by atoms with E-state index in [4.69, 9.17) is 0 Å². The molecule has 2 aliphatic rings. The number of rotatable bonds is 2. The number of amides is 2. The summed E-state index contributed by atoms with van der Waals surface area (Å²) in [5, 5.41) is 15.4. The van der Waals surface area contributed by atoms with Crippen molar-refractivity contribution >= 4 is 6.03 Å². The molecular weight excluding hydrogens is 271 g/mol. The van der Waals surface area contributed by atoms with Crippen LogP contribution < -0.4 is 10.6 Å². The van der Waals surface area contributed by atoms with Crippen LogP contribution in [0.2, 0.25) is 0 Å². The lowest BCUT2D eigenvalue weighted by molar-refractivity contribution is 0.117. The Kier molecular flexibility index (Phi) is 4.10. The first kappa shape index (κ1) is 14.3. The Balaban J connectivity index is 1.55. The first-order chi connectivity index (χ1) is 10.1. The van der Waals surface area contributed by atoms with Gasteiger partial charge in [-0.3, -0.25) is 0 Å². The minimum atomic E-state index is -0.223. The van der Waals surface area contributed by atoms with Gasteiger partial charge in [0.25, 0.3) is 0 Å². The van der Waals surface area contributed by atoms with Crippen molar-refractivity contribution in [2.24, 2.45) is 0 Å². The molecule has 4 nitrogen and oxygen atoms in total. The van der Waals surface area contributed by atoms with Crippen molar-refractivity contribution in [1.82, 2.24) is 10.6 Å². The number of hydrogen-bond donors (Lipinski definition) is 3. The molecule has 1 fully saturated rings. The van der Waals surface area contributed by atoms with Crippen molar-refractivity contribution in [3.05, 3.63) is 35.1 Å². The summed E-state index contributed by atoms with van der Waals surface area (Å²) in [7, 11) is 0. The summed E-state index contributed by atoms with van der Waals surface area (Å²) in [5.41, 5.74) is 2.01. The third-order valence-corrected chi connectivity index (χ3v) is 4.52. The second kappa shape index (κ2) is 6.02. The third kappa shape index (κ3) is 3.35. The van der Waals surface area contributed by atoms with Crippen LogP contribution in [0.5, 0.6) is 0 Å². The van der Waals surface area contributed by atoms with Crippen molar-refractivity contribution in [1.29, 1.82) is 0 Å². The van der Waals surface area contributed by atoms with Gasteiger partial charge >= 0.3 is 6.03 Å². The fourth-order valence-electron chi connectivity index (χ4n) is 3.34. The molecule has 1 atom stereocenters. The molecule has 0 bridgehead atoms. The molecule has 0 spiro atoms. The van der Waals surface area contributed by atoms with E-state index in [0.717, 1.165) is 49.7 Å². The van der Waals surface area contributed by atoms with Crippen molar-refractivity contribution < 1.29 is 14.3 Å². The lowest BCUT2D eigenvalue weighted by Crippen LogP contribution is -2.45. The van der Waals surface area contributed by atoms with Crippen molar-refractivity contribution in [3.8, 4) is 0 Å². The first-order valence-electron chi connectivity index (χ1n) is 7.65. The summed E-state index contributed by atoms with van der Waals surface area (Å²) in [6.45, 7) is 0. The van der Waals surface area contributed by atoms with Gasteiger partial charge in [-0.15, -0.1) is 0 Å². The second-order valence-corrected chi connectivity index (χ2v) is 6.06. The van der Waals surface area contributed by atoms with Crippen LogP contribution in [0.4, 0.5) is 9.18 Å². The fourth-order valence-corrected chi connectivity index (χ4v) is 3.34. The fraction of sp³-hybridized carbons (Fsp3) is 0.562. The summed E-state index contributed by atoms with van der Waals surface area (Å²) < 4.78 is 13.2. The molecule has 2 amide bonds. The number of halogens is 1. The minimum absolute atomic E-state index is 0.0326. The Morgan fingerprint density at radius 3 is 2.67 bits per heavy atom. The number of hydrogen-bond acceptors (Lipinski definition) is 2. The molecule has 5 heteroatoms. The molecule has 0 heterocycles. The van der Waals surface area contributed by atoms with Gasteiger partial charge in [-0.1, -0.05) is 6.07 Å². The van der Waals surface area contributed by atoms with Crippen LogP contribution in [0.3, 0.4) is 0 Å². The highest BCUT2D eigenvalue weighted by Gasteiger charge is 2.26. The van der Waals surface area contributed by atoms with Crippen LogP contribution in [-0.4, -0.2) is 23.3 Å². The molecule has 2 aliphatic carbocycles. The topological polar surface area (TPSA) is 61.4 Å². The zero-order valence-corrected chi connectivity index (χ0v) is 11.9. The van der Waals surface area contributed by atoms with Crippen molar-refractivity contribution in [2.45, 2.75) is 56.7 Å². The molecule has 0 saturated heterocycles. The van der Waals surface area contributed by atoms with Crippen LogP contribution in [0.15, 0.2) is 18.2 Å². The SMILES string of the molecule is O=C(NC1CCC(O)CC1)NC1CCc2cc(F)ccc21. The molecule has 3 rings (SSSR count). The lowest BCUT2D eigenvalue weighted by atomic mass is 9.93. The van der Waals surface area contributed by atoms with Crippen LogP contribution in [0, 0.1) is 5.82 Å². The zero-order chi connectivity index (χ0) is 14.8. The summed E-state index contributed by atoms with van der Waals surface area (Å²) in [5.74, 6) is -0.223. The predicted molar refractivity (Wildman–Crippen MR) is 77.4 cm³/mol. The number of aliphatic hydroxyl groups excluding tert-OH is 1. The number of aryl methyl sites for hydroxylation is 1. The van der Waals surface area contributed by atoms with E-state index < -0.39 is 0 Å². The van der Waals surface area contributed by atoms with E-state index in [1.54, 1.807) is 12.1 Å². The number of carbonyl (C=O) groups is 1. The third-order valence-electron chi connectivity index (χ3n) is 4.52. The van der Waals surface area contributed by atoms with Crippen molar-refractivity contribution in [3.63, 3.8) is 0 Å². The standard InChI is InChI=1S/C16H21FN2O2/c17-11-2-7-14-10(9-11)1-8-15(14)19-16(21)18-12-3-5-13(20)6-4-12/h2,7,9,12-13,15,20H,1,3-6,8H2,(H2,18,19,21). The second-order valence-electron chi connectivity index (χ2n) is 6.06. The van der Waals surface area contributed by atoms with Crippen molar-refractivity contribution in [2.75, 3.05) is 0 Å². The van der Waals surface area contributed by atoms with Gasteiger partial charge in [0.05, 0.1) is 12.1 Å². The Bertz CT molecular complexity index is 527. The summed E-state index contributed by atoms with van der Waals surface area (Å²) >= 11 is 0. The monoisotopic (exact) mass is 292 g/mol. The number of benzene rings is 1. The molecule has 0 aromatic heterocycles. The van der Waals surface area contributed by atoms with Gasteiger partial charge in [0.2, 0.25) is 0 Å². The molecule has 0 aliphatic heterocycles. The van der Waals surface area contributed by atoms with Gasteiger partial charge in [0, 0.05) is 6.04 Å².